The number of nitrogens with one attached hydrogen (secondary N) is 1. The number of amides is 1. The SMILES string of the molecule is CC(C)(C)CNC1CCCN(C(=O)OC(C)(C)C)C1. The molecule has 1 saturated heterocycles. The summed E-state index contributed by atoms with van der Waals surface area (Å²) in [5.41, 5.74) is -0.142. The lowest BCUT2D eigenvalue weighted by Gasteiger charge is -2.35. The number of likely N-dealkylation sites (tertiary alicyclic amines) is 1. The van der Waals surface area contributed by atoms with Crippen LogP contribution in [0.1, 0.15) is 54.4 Å². The normalized spacial score (nSPS) is 21.4. The number of hydrogen-bond donors (Lipinski definition) is 1. The van der Waals surface area contributed by atoms with E-state index in [1.54, 1.807) is 0 Å². The van der Waals surface area contributed by atoms with Crippen LogP contribution in [0.2, 0.25) is 0 Å². The van der Waals surface area contributed by atoms with E-state index in [0.29, 0.717) is 6.04 Å². The van der Waals surface area contributed by atoms with Crippen LogP contribution in [-0.4, -0.2) is 42.3 Å². The molecule has 1 amide bonds. The van der Waals surface area contributed by atoms with Crippen molar-refractivity contribution in [3.8, 4) is 0 Å². The van der Waals surface area contributed by atoms with Crippen LogP contribution in [0.5, 0.6) is 0 Å². The Balaban J connectivity index is 2.44. The number of carbonyl (C=O) groups excluding carboxylic acids is 1. The van der Waals surface area contributed by atoms with Crippen molar-refractivity contribution >= 4 is 6.09 Å². The van der Waals surface area contributed by atoms with Crippen molar-refractivity contribution in [2.24, 2.45) is 5.41 Å². The van der Waals surface area contributed by atoms with Crippen molar-refractivity contribution < 1.29 is 9.53 Å². The quantitative estimate of drug-likeness (QED) is 0.838. The van der Waals surface area contributed by atoms with Gasteiger partial charge in [0.05, 0.1) is 0 Å². The average Bonchev–Trinajstić information content (AvgIpc) is 2.23. The molecule has 0 aromatic rings. The number of carbonyl (C=O) groups is 1. The third-order valence-corrected chi connectivity index (χ3v) is 2.99. The van der Waals surface area contributed by atoms with Gasteiger partial charge in [0.25, 0.3) is 0 Å². The standard InChI is InChI=1S/C15H30N2O2/c1-14(2,3)11-16-12-8-7-9-17(10-12)13(18)19-15(4,5)6/h12,16H,7-11H2,1-6H3. The first-order valence-corrected chi connectivity index (χ1v) is 7.28. The molecule has 1 unspecified atom stereocenters. The number of piperidine rings is 1. The van der Waals surface area contributed by atoms with E-state index in [9.17, 15) is 4.79 Å². The van der Waals surface area contributed by atoms with Gasteiger partial charge < -0.3 is 15.0 Å². The van der Waals surface area contributed by atoms with Crippen LogP contribution in [-0.2, 0) is 4.74 Å². The maximum Gasteiger partial charge on any atom is 0.410 e. The summed E-state index contributed by atoms with van der Waals surface area (Å²) in [7, 11) is 0. The van der Waals surface area contributed by atoms with Crippen molar-refractivity contribution in [3.05, 3.63) is 0 Å². The molecule has 19 heavy (non-hydrogen) atoms. The van der Waals surface area contributed by atoms with Gasteiger partial charge in [0.2, 0.25) is 0 Å². The molecule has 1 aliphatic heterocycles. The van der Waals surface area contributed by atoms with Crippen LogP contribution < -0.4 is 5.32 Å². The predicted molar refractivity (Wildman–Crippen MR) is 78.3 cm³/mol. The first kappa shape index (κ1) is 16.3. The Morgan fingerprint density at radius 3 is 2.42 bits per heavy atom. The van der Waals surface area contributed by atoms with Crippen LogP contribution in [0.4, 0.5) is 4.79 Å². The average molecular weight is 270 g/mol. The van der Waals surface area contributed by atoms with Crippen LogP contribution in [0.3, 0.4) is 0 Å². The van der Waals surface area contributed by atoms with Gasteiger partial charge in [-0.15, -0.1) is 0 Å². The first-order valence-electron chi connectivity index (χ1n) is 7.28. The van der Waals surface area contributed by atoms with Gasteiger partial charge >= 0.3 is 6.09 Å². The summed E-state index contributed by atoms with van der Waals surface area (Å²) in [6.45, 7) is 14.9. The monoisotopic (exact) mass is 270 g/mol. The Morgan fingerprint density at radius 2 is 1.89 bits per heavy atom. The third-order valence-electron chi connectivity index (χ3n) is 2.99. The summed E-state index contributed by atoms with van der Waals surface area (Å²) in [5.74, 6) is 0. The van der Waals surface area contributed by atoms with E-state index in [1.165, 1.54) is 0 Å². The Bertz CT molecular complexity index is 302. The van der Waals surface area contributed by atoms with Gasteiger partial charge in [-0.05, 0) is 39.0 Å². The van der Waals surface area contributed by atoms with Crippen LogP contribution in [0.25, 0.3) is 0 Å². The van der Waals surface area contributed by atoms with E-state index >= 15 is 0 Å². The third kappa shape index (κ3) is 6.81. The van der Waals surface area contributed by atoms with Gasteiger partial charge in [-0.25, -0.2) is 4.79 Å². The van der Waals surface area contributed by atoms with Gasteiger partial charge in [-0.3, -0.25) is 0 Å². The Morgan fingerprint density at radius 1 is 1.26 bits per heavy atom. The molecular formula is C15H30N2O2. The molecule has 1 rings (SSSR count). The molecule has 1 fully saturated rings. The van der Waals surface area contributed by atoms with Crippen molar-refractivity contribution in [2.45, 2.75) is 66.0 Å². The molecule has 4 nitrogen and oxygen atoms in total. The molecule has 0 aromatic heterocycles. The lowest BCUT2D eigenvalue weighted by atomic mass is 9.95. The summed E-state index contributed by atoms with van der Waals surface area (Å²) < 4.78 is 5.43. The second kappa shape index (κ2) is 6.12. The molecule has 1 N–H and O–H groups in total. The highest BCUT2D eigenvalue weighted by Gasteiger charge is 2.27. The Hall–Kier alpha value is -0.770. The minimum atomic E-state index is -0.414. The highest BCUT2D eigenvalue weighted by molar-refractivity contribution is 5.68. The molecule has 0 radical (unpaired) electrons. The second-order valence-corrected chi connectivity index (χ2v) is 7.71. The molecule has 4 heteroatoms. The maximum atomic E-state index is 12.0. The van der Waals surface area contributed by atoms with Gasteiger partial charge in [-0.2, -0.15) is 0 Å². The zero-order chi connectivity index (χ0) is 14.7. The predicted octanol–water partition coefficient (Wildman–Crippen LogP) is 3.02. The van der Waals surface area contributed by atoms with Crippen LogP contribution >= 0.6 is 0 Å². The molecule has 0 aromatic carbocycles. The van der Waals surface area contributed by atoms with E-state index in [4.69, 9.17) is 4.74 Å². The van der Waals surface area contributed by atoms with E-state index in [-0.39, 0.29) is 11.5 Å². The smallest absolute Gasteiger partial charge is 0.410 e. The zero-order valence-corrected chi connectivity index (χ0v) is 13.4. The zero-order valence-electron chi connectivity index (χ0n) is 13.4. The fourth-order valence-corrected chi connectivity index (χ4v) is 2.09. The summed E-state index contributed by atoms with van der Waals surface area (Å²) in [5, 5.41) is 3.56. The molecular weight excluding hydrogens is 240 g/mol. The molecule has 1 aliphatic rings. The summed E-state index contributed by atoms with van der Waals surface area (Å²) in [6, 6.07) is 0.389. The van der Waals surface area contributed by atoms with Gasteiger partial charge in [0, 0.05) is 25.7 Å². The number of hydrogen-bond acceptors (Lipinski definition) is 3. The fourth-order valence-electron chi connectivity index (χ4n) is 2.09. The molecule has 0 saturated carbocycles. The van der Waals surface area contributed by atoms with Gasteiger partial charge in [0.1, 0.15) is 5.60 Å². The van der Waals surface area contributed by atoms with Gasteiger partial charge in [-0.1, -0.05) is 20.8 Å². The lowest BCUT2D eigenvalue weighted by Crippen LogP contribution is -2.50. The summed E-state index contributed by atoms with van der Waals surface area (Å²) in [4.78, 5) is 13.9. The minimum Gasteiger partial charge on any atom is -0.444 e. The molecule has 1 atom stereocenters. The Kier molecular flexibility index (Phi) is 5.25. The van der Waals surface area contributed by atoms with E-state index in [0.717, 1.165) is 32.5 Å². The maximum absolute atomic E-state index is 12.0. The van der Waals surface area contributed by atoms with Crippen molar-refractivity contribution in [1.29, 1.82) is 0 Å². The van der Waals surface area contributed by atoms with Gasteiger partial charge in [0.15, 0.2) is 0 Å². The molecule has 0 aliphatic carbocycles. The Labute approximate surface area is 117 Å². The highest BCUT2D eigenvalue weighted by atomic mass is 16.6. The highest BCUT2D eigenvalue weighted by Crippen LogP contribution is 2.17. The number of ether oxygens (including phenoxy) is 1. The van der Waals surface area contributed by atoms with Crippen molar-refractivity contribution in [2.75, 3.05) is 19.6 Å². The number of rotatable bonds is 2. The van der Waals surface area contributed by atoms with E-state index in [1.807, 2.05) is 25.7 Å². The molecule has 1 heterocycles. The first-order chi connectivity index (χ1) is 8.57. The summed E-state index contributed by atoms with van der Waals surface area (Å²) >= 11 is 0. The second-order valence-electron chi connectivity index (χ2n) is 7.71. The molecule has 0 spiro atoms. The van der Waals surface area contributed by atoms with Crippen molar-refractivity contribution in [1.82, 2.24) is 10.2 Å². The minimum absolute atomic E-state index is 0.185. The topological polar surface area (TPSA) is 41.6 Å². The van der Waals surface area contributed by atoms with Crippen LogP contribution in [0.15, 0.2) is 0 Å². The molecule has 112 valence electrons. The van der Waals surface area contributed by atoms with Crippen molar-refractivity contribution in [3.63, 3.8) is 0 Å². The lowest BCUT2D eigenvalue weighted by molar-refractivity contribution is 0.0185. The largest absolute Gasteiger partial charge is 0.444 e. The number of nitrogens with zero attached hydrogens (tertiary/aromatic N) is 1. The van der Waals surface area contributed by atoms with E-state index < -0.39 is 5.60 Å². The molecule has 0 bridgehead atoms. The van der Waals surface area contributed by atoms with Crippen LogP contribution in [0, 0.1) is 5.41 Å². The van der Waals surface area contributed by atoms with E-state index in [2.05, 4.69) is 26.1 Å². The summed E-state index contributed by atoms with van der Waals surface area (Å²) in [6.07, 6.45) is 1.99. The fraction of sp³-hybridized carbons (Fsp3) is 0.933.